The summed E-state index contributed by atoms with van der Waals surface area (Å²) in [5.74, 6) is 1.14. The summed E-state index contributed by atoms with van der Waals surface area (Å²) in [6.45, 7) is 4.50. The molecule has 144 valence electrons. The number of imidazole rings is 1. The largest absolute Gasteiger partial charge is 0.358 e. The van der Waals surface area contributed by atoms with Crippen LogP contribution in [0.3, 0.4) is 0 Å². The molecule has 9 nitrogen and oxygen atoms in total. The van der Waals surface area contributed by atoms with Gasteiger partial charge in [0.05, 0.1) is 28.3 Å². The van der Waals surface area contributed by atoms with Crippen LogP contribution in [0.4, 0.5) is 5.82 Å². The molecule has 28 heavy (non-hydrogen) atoms. The van der Waals surface area contributed by atoms with Crippen LogP contribution in [0, 0.1) is 0 Å². The quantitative estimate of drug-likeness (QED) is 0.532. The van der Waals surface area contributed by atoms with Crippen LogP contribution in [0.1, 0.15) is 25.7 Å². The van der Waals surface area contributed by atoms with E-state index in [-0.39, 0.29) is 11.6 Å². The lowest BCUT2D eigenvalue weighted by atomic mass is 10.2. The maximum Gasteiger partial charge on any atom is 0.281 e. The summed E-state index contributed by atoms with van der Waals surface area (Å²) >= 11 is 6.28. The molecular weight excluding hydrogens is 380 g/mol. The van der Waals surface area contributed by atoms with Gasteiger partial charge in [-0.2, -0.15) is 0 Å². The molecule has 0 amide bonds. The summed E-state index contributed by atoms with van der Waals surface area (Å²) in [7, 11) is 1.83. The van der Waals surface area contributed by atoms with Crippen LogP contribution in [-0.2, 0) is 0 Å². The average Bonchev–Trinajstić information content (AvgIpc) is 3.17. The Morgan fingerprint density at radius 2 is 2.14 bits per heavy atom. The third-order valence-corrected chi connectivity index (χ3v) is 4.93. The number of nitrogens with one attached hydrogen (secondary N) is 2. The van der Waals surface area contributed by atoms with E-state index in [1.165, 1.54) is 6.33 Å². The van der Waals surface area contributed by atoms with Gasteiger partial charge in [0, 0.05) is 13.6 Å². The fourth-order valence-electron chi connectivity index (χ4n) is 3.09. The summed E-state index contributed by atoms with van der Waals surface area (Å²) < 4.78 is 1.55. The topological polar surface area (TPSA) is 105 Å². The molecule has 0 fully saturated rings. The average molecular weight is 399 g/mol. The zero-order valence-electron chi connectivity index (χ0n) is 15.6. The third kappa shape index (κ3) is 2.93. The lowest BCUT2D eigenvalue weighted by Crippen LogP contribution is -2.43. The molecule has 0 saturated carbocycles. The molecule has 0 spiro atoms. The van der Waals surface area contributed by atoms with E-state index in [9.17, 15) is 4.79 Å². The molecule has 3 heterocycles. The number of rotatable bonds is 5. The number of nitrogens with zero attached hydrogens (tertiary/aromatic N) is 6. The van der Waals surface area contributed by atoms with Crippen LogP contribution >= 0.6 is 11.6 Å². The number of anilines is 1. The maximum absolute atomic E-state index is 13.2. The van der Waals surface area contributed by atoms with E-state index >= 15 is 0 Å². The lowest BCUT2D eigenvalue weighted by Gasteiger charge is -2.26. The highest BCUT2D eigenvalue weighted by Crippen LogP contribution is 2.24. The molecule has 1 atom stereocenters. The van der Waals surface area contributed by atoms with E-state index in [1.807, 2.05) is 20.9 Å². The first-order valence-corrected chi connectivity index (χ1v) is 9.22. The van der Waals surface area contributed by atoms with E-state index in [4.69, 9.17) is 16.6 Å². The molecule has 2 N–H and O–H groups in total. The van der Waals surface area contributed by atoms with Gasteiger partial charge in [-0.1, -0.05) is 17.7 Å². The second-order valence-corrected chi connectivity index (χ2v) is 6.79. The molecule has 0 aliphatic heterocycles. The van der Waals surface area contributed by atoms with Gasteiger partial charge in [0.25, 0.3) is 5.56 Å². The molecular formula is C18H19ClN8O. The highest BCUT2D eigenvalue weighted by molar-refractivity contribution is 6.35. The van der Waals surface area contributed by atoms with Crippen molar-refractivity contribution in [1.29, 1.82) is 0 Å². The van der Waals surface area contributed by atoms with Crippen molar-refractivity contribution < 1.29 is 0 Å². The van der Waals surface area contributed by atoms with Crippen molar-refractivity contribution in [2.75, 3.05) is 23.9 Å². The summed E-state index contributed by atoms with van der Waals surface area (Å²) in [5.41, 5.74) is 1.59. The predicted molar refractivity (Wildman–Crippen MR) is 109 cm³/mol. The van der Waals surface area contributed by atoms with Crippen molar-refractivity contribution in [1.82, 2.24) is 29.6 Å². The van der Waals surface area contributed by atoms with Crippen molar-refractivity contribution in [3.8, 4) is 0 Å². The van der Waals surface area contributed by atoms with Crippen LogP contribution in [0.15, 0.2) is 35.6 Å². The van der Waals surface area contributed by atoms with Crippen LogP contribution < -0.4 is 15.9 Å². The molecule has 0 saturated heterocycles. The first kappa shape index (κ1) is 18.2. The zero-order chi connectivity index (χ0) is 19.8. The Balaban J connectivity index is 1.87. The van der Waals surface area contributed by atoms with E-state index in [0.29, 0.717) is 45.3 Å². The van der Waals surface area contributed by atoms with Gasteiger partial charge in [0.2, 0.25) is 0 Å². The van der Waals surface area contributed by atoms with E-state index in [1.54, 1.807) is 34.2 Å². The maximum atomic E-state index is 13.2. The van der Waals surface area contributed by atoms with Crippen molar-refractivity contribution in [3.63, 3.8) is 0 Å². The minimum absolute atomic E-state index is 0.210. The molecule has 0 bridgehead atoms. The normalized spacial score (nSPS) is 12.4. The molecule has 3 aromatic heterocycles. The Labute approximate surface area is 165 Å². The summed E-state index contributed by atoms with van der Waals surface area (Å²) in [6, 6.07) is 4.94. The van der Waals surface area contributed by atoms with Gasteiger partial charge in [-0.15, -0.1) is 0 Å². The van der Waals surface area contributed by atoms with Gasteiger partial charge in [0.15, 0.2) is 17.3 Å². The third-order valence-electron chi connectivity index (χ3n) is 4.61. The molecule has 4 rings (SSSR count). The second-order valence-electron chi connectivity index (χ2n) is 6.38. The van der Waals surface area contributed by atoms with Gasteiger partial charge >= 0.3 is 0 Å². The Bertz CT molecular complexity index is 1220. The van der Waals surface area contributed by atoms with Crippen molar-refractivity contribution in [3.05, 3.63) is 52.1 Å². The van der Waals surface area contributed by atoms with E-state index < -0.39 is 0 Å². The van der Waals surface area contributed by atoms with Gasteiger partial charge in [-0.3, -0.25) is 4.79 Å². The smallest absolute Gasteiger partial charge is 0.281 e. The second kappa shape index (κ2) is 7.08. The van der Waals surface area contributed by atoms with Gasteiger partial charge in [0.1, 0.15) is 11.8 Å². The number of halogens is 1. The van der Waals surface area contributed by atoms with Gasteiger partial charge < -0.3 is 15.3 Å². The molecule has 0 aliphatic rings. The number of benzene rings is 1. The lowest BCUT2D eigenvalue weighted by molar-refractivity contribution is 0.579. The molecule has 10 heteroatoms. The number of hydrogen-bond acceptors (Lipinski definition) is 7. The molecule has 0 aliphatic carbocycles. The first-order chi connectivity index (χ1) is 13.5. The Morgan fingerprint density at radius 3 is 2.93 bits per heavy atom. The number of fused-ring (bicyclic) bond motifs is 2. The fourth-order valence-corrected chi connectivity index (χ4v) is 3.34. The minimum Gasteiger partial charge on any atom is -0.358 e. The Kier molecular flexibility index (Phi) is 4.60. The van der Waals surface area contributed by atoms with Crippen molar-refractivity contribution in [2.45, 2.75) is 19.9 Å². The van der Waals surface area contributed by atoms with Crippen molar-refractivity contribution >= 4 is 39.5 Å². The number of hydrogen-bond donors (Lipinski definition) is 2. The number of H-pyrrole nitrogens is 1. The minimum atomic E-state index is -0.327. The van der Waals surface area contributed by atoms with Gasteiger partial charge in [-0.25, -0.2) is 24.6 Å². The highest BCUT2D eigenvalue weighted by Gasteiger charge is 2.21. The van der Waals surface area contributed by atoms with Crippen LogP contribution in [0.25, 0.3) is 22.1 Å². The molecule has 4 aromatic rings. The predicted octanol–water partition coefficient (Wildman–Crippen LogP) is 2.48. The van der Waals surface area contributed by atoms with Gasteiger partial charge in [-0.05, 0) is 26.0 Å². The Hall–Kier alpha value is -3.20. The van der Waals surface area contributed by atoms with E-state index in [2.05, 4.69) is 25.3 Å². The standard InChI is InChI=1S/C18H19ClN8O/c1-4-26(3)27-17(25-12-7-5-6-11(19)13(12)18(27)28)10(2)24-16-14-15(21-8-20-14)22-9-23-16/h5-10H,4H2,1-3H3,(H2,20,21,22,23,24). The van der Waals surface area contributed by atoms with E-state index in [0.717, 1.165) is 0 Å². The molecule has 1 unspecified atom stereocenters. The molecule has 1 aromatic carbocycles. The molecule has 0 radical (unpaired) electrons. The van der Waals surface area contributed by atoms with Crippen LogP contribution in [0.2, 0.25) is 5.02 Å². The number of aromatic nitrogens is 6. The fraction of sp³-hybridized carbons (Fsp3) is 0.278. The first-order valence-electron chi connectivity index (χ1n) is 8.84. The Morgan fingerprint density at radius 1 is 1.32 bits per heavy atom. The zero-order valence-corrected chi connectivity index (χ0v) is 16.4. The number of aromatic amines is 1. The SMILES string of the molecule is CCN(C)n1c(C(C)Nc2ncnc3nc[nH]c23)nc2cccc(Cl)c2c1=O. The van der Waals surface area contributed by atoms with Crippen LogP contribution in [-0.4, -0.2) is 43.2 Å². The van der Waals surface area contributed by atoms with Crippen LogP contribution in [0.5, 0.6) is 0 Å². The summed E-state index contributed by atoms with van der Waals surface area (Å²) in [6.07, 6.45) is 3.00. The van der Waals surface area contributed by atoms with Crippen molar-refractivity contribution in [2.24, 2.45) is 0 Å². The monoisotopic (exact) mass is 398 g/mol. The summed E-state index contributed by atoms with van der Waals surface area (Å²) in [5, 5.41) is 5.90. The summed E-state index contributed by atoms with van der Waals surface area (Å²) in [4.78, 5) is 33.5. The highest BCUT2D eigenvalue weighted by atomic mass is 35.5.